The standard InChI is InChI=1S/C8H10BBrO3.C6H14O2/c10-6-5-7-3-1-2-4-8(7)13-9(11)12;1-5(2,7)6(3,4)8/h1-4,11-12H,5-6H2;7-8H,1-4H3. The van der Waals surface area contributed by atoms with Crippen LogP contribution >= 0.6 is 15.9 Å². The Morgan fingerprint density at radius 3 is 1.90 bits per heavy atom. The highest BCUT2D eigenvalue weighted by Crippen LogP contribution is 2.19. The third kappa shape index (κ3) is 8.43. The first-order chi connectivity index (χ1) is 9.49. The zero-order valence-corrected chi connectivity index (χ0v) is 14.5. The minimum absolute atomic E-state index is 0.511. The zero-order valence-electron chi connectivity index (χ0n) is 12.9. The van der Waals surface area contributed by atoms with Gasteiger partial charge in [-0.25, -0.2) is 0 Å². The maximum absolute atomic E-state index is 9.10. The van der Waals surface area contributed by atoms with E-state index in [0.717, 1.165) is 17.3 Å². The Hall–Kier alpha value is -0.595. The van der Waals surface area contributed by atoms with Crippen molar-refractivity contribution in [3.63, 3.8) is 0 Å². The highest BCUT2D eigenvalue weighted by atomic mass is 79.9. The molecule has 5 nitrogen and oxygen atoms in total. The number of alkyl halides is 1. The van der Waals surface area contributed by atoms with Gasteiger partial charge in [0.15, 0.2) is 0 Å². The highest BCUT2D eigenvalue weighted by molar-refractivity contribution is 9.09. The number of rotatable bonds is 5. The molecule has 7 heteroatoms. The maximum Gasteiger partial charge on any atom is 0.707 e. The smallest absolute Gasteiger partial charge is 0.512 e. The van der Waals surface area contributed by atoms with Crippen LogP contribution in [0.3, 0.4) is 0 Å². The van der Waals surface area contributed by atoms with Crippen LogP contribution in [0.15, 0.2) is 24.3 Å². The van der Waals surface area contributed by atoms with E-state index in [1.165, 1.54) is 0 Å². The number of halogens is 1. The fourth-order valence-corrected chi connectivity index (χ4v) is 1.47. The van der Waals surface area contributed by atoms with Gasteiger partial charge in [-0.1, -0.05) is 34.1 Å². The van der Waals surface area contributed by atoms with Crippen LogP contribution in [-0.4, -0.2) is 44.1 Å². The first kappa shape index (κ1) is 20.4. The van der Waals surface area contributed by atoms with E-state index >= 15 is 0 Å². The molecule has 0 aliphatic carbocycles. The lowest BCUT2D eigenvalue weighted by Gasteiger charge is -2.31. The van der Waals surface area contributed by atoms with Crippen molar-refractivity contribution in [3.8, 4) is 5.75 Å². The lowest BCUT2D eigenvalue weighted by atomic mass is 9.90. The average Bonchev–Trinajstić information content (AvgIpc) is 2.29. The van der Waals surface area contributed by atoms with E-state index in [-0.39, 0.29) is 0 Å². The molecule has 0 heterocycles. The second-order valence-electron chi connectivity index (χ2n) is 5.61. The number of para-hydroxylation sites is 1. The molecule has 1 aromatic rings. The van der Waals surface area contributed by atoms with Crippen molar-refractivity contribution in [2.45, 2.75) is 45.3 Å². The third-order valence-corrected chi connectivity index (χ3v) is 3.46. The summed E-state index contributed by atoms with van der Waals surface area (Å²) in [4.78, 5) is 0. The molecule has 0 saturated carbocycles. The molecule has 1 aromatic carbocycles. The van der Waals surface area contributed by atoms with Gasteiger partial charge in [0, 0.05) is 5.33 Å². The van der Waals surface area contributed by atoms with Crippen molar-refractivity contribution in [1.29, 1.82) is 0 Å². The Balaban J connectivity index is 0.000000433. The SMILES string of the molecule is CC(C)(O)C(C)(C)O.OB(O)Oc1ccccc1CCBr. The molecule has 0 saturated heterocycles. The number of aryl methyl sites for hydroxylation is 1. The van der Waals surface area contributed by atoms with E-state index in [4.69, 9.17) is 24.9 Å². The van der Waals surface area contributed by atoms with Gasteiger partial charge in [0.05, 0.1) is 11.2 Å². The largest absolute Gasteiger partial charge is 0.707 e. The molecule has 0 spiro atoms. The van der Waals surface area contributed by atoms with Gasteiger partial charge in [0.2, 0.25) is 0 Å². The molecule has 0 aromatic heterocycles. The van der Waals surface area contributed by atoms with E-state index < -0.39 is 18.5 Å². The van der Waals surface area contributed by atoms with Gasteiger partial charge in [-0.15, -0.1) is 0 Å². The first-order valence-electron chi connectivity index (χ1n) is 6.60. The van der Waals surface area contributed by atoms with Crippen LogP contribution in [-0.2, 0) is 6.42 Å². The summed E-state index contributed by atoms with van der Waals surface area (Å²) < 4.78 is 4.79. The van der Waals surface area contributed by atoms with Crippen molar-refractivity contribution >= 4 is 23.3 Å². The molecule has 1 rings (SSSR count). The van der Waals surface area contributed by atoms with Gasteiger partial charge in [-0.3, -0.25) is 0 Å². The van der Waals surface area contributed by atoms with Crippen molar-refractivity contribution in [1.82, 2.24) is 0 Å². The van der Waals surface area contributed by atoms with E-state index in [9.17, 15) is 0 Å². The van der Waals surface area contributed by atoms with E-state index in [0.29, 0.717) is 5.75 Å². The Kier molecular flexibility index (Phi) is 8.50. The molecule has 4 N–H and O–H groups in total. The Labute approximate surface area is 134 Å². The molecule has 0 aliphatic rings. The molecule has 0 amide bonds. The lowest BCUT2D eigenvalue weighted by Crippen LogP contribution is -2.44. The van der Waals surface area contributed by atoms with Gasteiger partial charge >= 0.3 is 7.32 Å². The summed E-state index contributed by atoms with van der Waals surface area (Å²) in [5, 5.41) is 36.3. The van der Waals surface area contributed by atoms with Gasteiger partial charge < -0.3 is 24.9 Å². The molecular formula is C14H24BBrO5. The third-order valence-electron chi connectivity index (χ3n) is 3.07. The topological polar surface area (TPSA) is 90.2 Å². The van der Waals surface area contributed by atoms with Crippen LogP contribution in [0, 0.1) is 0 Å². The average molecular weight is 363 g/mol. The maximum atomic E-state index is 9.10. The van der Waals surface area contributed by atoms with Crippen LogP contribution in [0.4, 0.5) is 0 Å². The Morgan fingerprint density at radius 1 is 1.05 bits per heavy atom. The number of hydrogen-bond acceptors (Lipinski definition) is 5. The molecule has 21 heavy (non-hydrogen) atoms. The second-order valence-corrected chi connectivity index (χ2v) is 6.40. The molecule has 0 atom stereocenters. The highest BCUT2D eigenvalue weighted by Gasteiger charge is 2.31. The molecule has 0 radical (unpaired) electrons. The number of hydrogen-bond donors (Lipinski definition) is 4. The summed E-state index contributed by atoms with van der Waals surface area (Å²) in [6.07, 6.45) is 0.795. The second kappa shape index (κ2) is 8.75. The first-order valence-corrected chi connectivity index (χ1v) is 7.72. The fraction of sp³-hybridized carbons (Fsp3) is 0.571. The van der Waals surface area contributed by atoms with Crippen molar-refractivity contribution in [3.05, 3.63) is 29.8 Å². The summed E-state index contributed by atoms with van der Waals surface area (Å²) in [6, 6.07) is 7.26. The summed E-state index contributed by atoms with van der Waals surface area (Å²) >= 11 is 3.31. The van der Waals surface area contributed by atoms with Crippen molar-refractivity contribution in [2.75, 3.05) is 5.33 Å². The molecule has 0 bridgehead atoms. The predicted molar refractivity (Wildman–Crippen MR) is 87.4 cm³/mol. The Morgan fingerprint density at radius 2 is 1.52 bits per heavy atom. The van der Waals surface area contributed by atoms with Crippen LogP contribution in [0.1, 0.15) is 33.3 Å². The summed E-state index contributed by atoms with van der Waals surface area (Å²) in [5.74, 6) is 0.511. The van der Waals surface area contributed by atoms with Gasteiger partial charge in [0.1, 0.15) is 5.75 Å². The van der Waals surface area contributed by atoms with E-state index in [1.807, 2.05) is 12.1 Å². The molecule has 0 aliphatic heterocycles. The van der Waals surface area contributed by atoms with Crippen molar-refractivity contribution < 1.29 is 24.9 Å². The van der Waals surface area contributed by atoms with Crippen LogP contribution < -0.4 is 4.65 Å². The molecule has 0 fully saturated rings. The monoisotopic (exact) mass is 362 g/mol. The van der Waals surface area contributed by atoms with Crippen LogP contribution in [0.5, 0.6) is 5.75 Å². The predicted octanol–water partition coefficient (Wildman–Crippen LogP) is 1.50. The van der Waals surface area contributed by atoms with Gasteiger partial charge in [-0.05, 0) is 45.7 Å². The van der Waals surface area contributed by atoms with E-state index in [2.05, 4.69) is 15.9 Å². The Bertz CT molecular complexity index is 401. The minimum atomic E-state index is -1.75. The summed E-state index contributed by atoms with van der Waals surface area (Å²) in [6.45, 7) is 6.31. The molecule has 120 valence electrons. The van der Waals surface area contributed by atoms with Crippen LogP contribution in [0.25, 0.3) is 0 Å². The zero-order chi connectivity index (χ0) is 16.7. The minimum Gasteiger partial charge on any atom is -0.512 e. The van der Waals surface area contributed by atoms with Crippen LogP contribution in [0.2, 0.25) is 0 Å². The van der Waals surface area contributed by atoms with E-state index in [1.54, 1.807) is 39.8 Å². The molecule has 0 unspecified atom stereocenters. The lowest BCUT2D eigenvalue weighted by molar-refractivity contribution is -0.107. The quantitative estimate of drug-likeness (QED) is 0.470. The summed E-state index contributed by atoms with van der Waals surface area (Å²) in [7, 11) is -1.75. The summed E-state index contributed by atoms with van der Waals surface area (Å²) in [5.41, 5.74) is -1.06. The normalized spacial score (nSPS) is 11.5. The molecular weight excluding hydrogens is 339 g/mol. The fourth-order valence-electron chi connectivity index (χ4n) is 1.04. The van der Waals surface area contributed by atoms with Gasteiger partial charge in [-0.2, -0.15) is 0 Å². The van der Waals surface area contributed by atoms with Gasteiger partial charge in [0.25, 0.3) is 0 Å². The number of aliphatic hydroxyl groups is 2. The number of benzene rings is 1. The van der Waals surface area contributed by atoms with Crippen molar-refractivity contribution in [2.24, 2.45) is 0 Å².